The molecule has 0 saturated heterocycles. The first-order valence-electron chi connectivity index (χ1n) is 7.09. The summed E-state index contributed by atoms with van der Waals surface area (Å²) in [5, 5.41) is 0.964. The molecular weight excluding hydrogens is 309 g/mol. The van der Waals surface area contributed by atoms with Gasteiger partial charge in [-0.1, -0.05) is 5.46 Å². The zero-order valence-electron chi connectivity index (χ0n) is 12.6. The maximum Gasteiger partial charge on any atom is 0.275 e. The van der Waals surface area contributed by atoms with Crippen LogP contribution in [0.5, 0.6) is 5.75 Å². The number of rotatable bonds is 2. The summed E-state index contributed by atoms with van der Waals surface area (Å²) in [6.07, 6.45) is 3.33. The first-order valence-corrected chi connectivity index (χ1v) is 7.90. The maximum atomic E-state index is 12.8. The van der Waals surface area contributed by atoms with Crippen LogP contribution in [-0.4, -0.2) is 29.5 Å². The Hall–Kier alpha value is -2.67. The van der Waals surface area contributed by atoms with Crippen LogP contribution in [0.25, 0.3) is 26.1 Å². The molecule has 4 aromatic rings. The Balaban J connectivity index is 1.99. The third-order valence-corrected chi connectivity index (χ3v) is 4.92. The topological polar surface area (TPSA) is 57.0 Å². The summed E-state index contributed by atoms with van der Waals surface area (Å²) < 4.78 is 7.32. The predicted molar refractivity (Wildman–Crippen MR) is 95.2 cm³/mol. The van der Waals surface area contributed by atoms with E-state index in [1.54, 1.807) is 24.2 Å². The molecule has 0 fully saturated rings. The molecule has 7 heteroatoms. The van der Waals surface area contributed by atoms with Crippen molar-refractivity contribution in [3.8, 4) is 11.4 Å². The fourth-order valence-corrected chi connectivity index (χ4v) is 3.73. The van der Waals surface area contributed by atoms with Gasteiger partial charge < -0.3 is 4.74 Å². The number of hydrogen-bond donors (Lipinski definition) is 0. The third kappa shape index (κ3) is 2.12. The Morgan fingerprint density at radius 1 is 1.17 bits per heavy atom. The predicted octanol–water partition coefficient (Wildman–Crippen LogP) is 1.26. The summed E-state index contributed by atoms with van der Waals surface area (Å²) >= 11 is 1.39. The van der Waals surface area contributed by atoms with E-state index in [9.17, 15) is 4.79 Å². The van der Waals surface area contributed by atoms with Gasteiger partial charge in [-0.15, -0.1) is 11.3 Å². The molecule has 4 rings (SSSR count). The Morgan fingerprint density at radius 3 is 2.70 bits per heavy atom. The van der Waals surface area contributed by atoms with Gasteiger partial charge in [-0.05, 0) is 30.3 Å². The average Bonchev–Trinajstić information content (AvgIpc) is 2.96. The first kappa shape index (κ1) is 14.0. The maximum absolute atomic E-state index is 12.8. The van der Waals surface area contributed by atoms with Crippen molar-refractivity contribution in [3.05, 3.63) is 53.2 Å². The molecule has 0 aliphatic heterocycles. The Morgan fingerprint density at radius 2 is 1.96 bits per heavy atom. The van der Waals surface area contributed by atoms with Crippen molar-refractivity contribution < 1.29 is 4.74 Å². The molecule has 5 nitrogen and oxygen atoms in total. The molecule has 0 unspecified atom stereocenters. The number of methoxy groups -OCH3 is 1. The Labute approximate surface area is 136 Å². The van der Waals surface area contributed by atoms with Crippen LogP contribution < -0.4 is 15.8 Å². The van der Waals surface area contributed by atoms with Gasteiger partial charge in [-0.25, -0.2) is 9.97 Å². The summed E-state index contributed by atoms with van der Waals surface area (Å²) in [4.78, 5) is 22.6. The normalized spacial score (nSPS) is 11.2. The molecule has 3 heterocycles. The Bertz CT molecular complexity index is 1090. The second kappa shape index (κ2) is 5.21. The minimum Gasteiger partial charge on any atom is -0.497 e. The molecule has 0 bridgehead atoms. The van der Waals surface area contributed by atoms with Gasteiger partial charge in [0, 0.05) is 11.6 Å². The van der Waals surface area contributed by atoms with E-state index in [1.165, 1.54) is 11.3 Å². The van der Waals surface area contributed by atoms with E-state index in [1.807, 2.05) is 38.2 Å². The van der Waals surface area contributed by atoms with Crippen LogP contribution in [0.3, 0.4) is 0 Å². The highest BCUT2D eigenvalue weighted by Crippen LogP contribution is 2.27. The number of ether oxygens (including phenoxy) is 1. The molecule has 0 amide bonds. The molecular formula is C16H12BN3O2S. The van der Waals surface area contributed by atoms with Gasteiger partial charge >= 0.3 is 0 Å². The van der Waals surface area contributed by atoms with Crippen molar-refractivity contribution in [2.24, 2.45) is 0 Å². The van der Waals surface area contributed by atoms with Crippen LogP contribution in [0.15, 0.2) is 47.7 Å². The van der Waals surface area contributed by atoms with Gasteiger partial charge in [-0.3, -0.25) is 9.36 Å². The third-order valence-electron chi connectivity index (χ3n) is 3.84. The average molecular weight is 321 g/mol. The SMILES string of the molecule is Bc1ccnc2sc3c(=O)n(-c4ccc(OC)cc4)cnc3c12. The van der Waals surface area contributed by atoms with Crippen LogP contribution in [0.1, 0.15) is 0 Å². The number of pyridine rings is 1. The van der Waals surface area contributed by atoms with Crippen molar-refractivity contribution >= 4 is 45.1 Å². The quantitative estimate of drug-likeness (QED) is 0.522. The van der Waals surface area contributed by atoms with Crippen LogP contribution in [0, 0.1) is 0 Å². The fourth-order valence-electron chi connectivity index (χ4n) is 2.63. The number of hydrogen-bond acceptors (Lipinski definition) is 5. The number of fused-ring (bicyclic) bond motifs is 3. The van der Waals surface area contributed by atoms with Crippen LogP contribution in [0.4, 0.5) is 0 Å². The van der Waals surface area contributed by atoms with Crippen molar-refractivity contribution in [1.29, 1.82) is 0 Å². The highest BCUT2D eigenvalue weighted by atomic mass is 32.1. The first-order chi connectivity index (χ1) is 11.2. The van der Waals surface area contributed by atoms with Crippen molar-refractivity contribution in [2.75, 3.05) is 7.11 Å². The summed E-state index contributed by atoms with van der Waals surface area (Å²) in [6.45, 7) is 0. The van der Waals surface area contributed by atoms with Gasteiger partial charge in [0.05, 0.1) is 18.3 Å². The van der Waals surface area contributed by atoms with E-state index in [-0.39, 0.29) is 5.56 Å². The molecule has 0 N–H and O–H groups in total. The molecule has 0 aliphatic rings. The van der Waals surface area contributed by atoms with Gasteiger partial charge in [0.15, 0.2) is 0 Å². The van der Waals surface area contributed by atoms with E-state index in [0.29, 0.717) is 4.70 Å². The van der Waals surface area contributed by atoms with E-state index >= 15 is 0 Å². The number of benzene rings is 1. The molecule has 0 aliphatic carbocycles. The monoisotopic (exact) mass is 321 g/mol. The van der Waals surface area contributed by atoms with E-state index in [2.05, 4.69) is 9.97 Å². The Kier molecular flexibility index (Phi) is 3.16. The van der Waals surface area contributed by atoms with Crippen molar-refractivity contribution in [1.82, 2.24) is 14.5 Å². The van der Waals surface area contributed by atoms with Crippen LogP contribution >= 0.6 is 11.3 Å². The second-order valence-corrected chi connectivity index (χ2v) is 6.20. The molecule has 3 aromatic heterocycles. The molecule has 0 atom stereocenters. The molecule has 0 spiro atoms. The summed E-state index contributed by atoms with van der Waals surface area (Å²) in [6, 6.07) is 9.26. The zero-order valence-corrected chi connectivity index (χ0v) is 13.4. The largest absolute Gasteiger partial charge is 0.497 e. The lowest BCUT2D eigenvalue weighted by Crippen LogP contribution is -2.17. The lowest BCUT2D eigenvalue weighted by molar-refractivity contribution is 0.414. The molecule has 112 valence electrons. The summed E-state index contributed by atoms with van der Waals surface area (Å²) in [5.74, 6) is 0.748. The van der Waals surface area contributed by atoms with Crippen molar-refractivity contribution in [2.45, 2.75) is 0 Å². The molecule has 1 aromatic carbocycles. The molecule has 0 saturated carbocycles. The second-order valence-electron chi connectivity index (χ2n) is 5.21. The van der Waals surface area contributed by atoms with Crippen LogP contribution in [-0.2, 0) is 0 Å². The number of aromatic nitrogens is 3. The fraction of sp³-hybridized carbons (Fsp3) is 0.0625. The minimum atomic E-state index is -0.0810. The highest BCUT2D eigenvalue weighted by molar-refractivity contribution is 7.25. The standard InChI is InChI=1S/C16H12BN3O2S/c1-22-10-4-2-9(3-5-10)20-8-19-13-12-11(17)6-7-18-15(12)23-14(13)16(20)21/h2-8H,17H2,1H3. The lowest BCUT2D eigenvalue weighted by atomic mass is 9.94. The smallest absolute Gasteiger partial charge is 0.275 e. The lowest BCUT2D eigenvalue weighted by Gasteiger charge is -2.06. The van der Waals surface area contributed by atoms with Crippen LogP contribution in [0.2, 0.25) is 0 Å². The highest BCUT2D eigenvalue weighted by Gasteiger charge is 2.14. The number of thiophene rings is 1. The number of nitrogens with zero attached hydrogens (tertiary/aromatic N) is 3. The minimum absolute atomic E-state index is 0.0810. The van der Waals surface area contributed by atoms with E-state index < -0.39 is 0 Å². The molecule has 23 heavy (non-hydrogen) atoms. The zero-order chi connectivity index (χ0) is 16.0. The summed E-state index contributed by atoms with van der Waals surface area (Å²) in [7, 11) is 3.62. The van der Waals surface area contributed by atoms with E-state index in [0.717, 1.165) is 32.6 Å². The van der Waals surface area contributed by atoms with Gasteiger partial charge in [0.25, 0.3) is 5.56 Å². The molecule has 0 radical (unpaired) electrons. The van der Waals surface area contributed by atoms with Gasteiger partial charge in [0.2, 0.25) is 0 Å². The summed E-state index contributed by atoms with van der Waals surface area (Å²) in [5.41, 5.74) is 2.48. The van der Waals surface area contributed by atoms with E-state index in [4.69, 9.17) is 4.74 Å². The van der Waals surface area contributed by atoms with Crippen molar-refractivity contribution in [3.63, 3.8) is 0 Å². The van der Waals surface area contributed by atoms with Gasteiger partial charge in [-0.2, -0.15) is 0 Å². The van der Waals surface area contributed by atoms with Gasteiger partial charge in [0.1, 0.15) is 29.5 Å².